The Bertz CT molecular complexity index is 1220. The predicted octanol–water partition coefficient (Wildman–Crippen LogP) is 2.85. The van der Waals surface area contributed by atoms with E-state index in [0.29, 0.717) is 19.4 Å². The summed E-state index contributed by atoms with van der Waals surface area (Å²) in [7, 11) is 0. The van der Waals surface area contributed by atoms with Crippen LogP contribution in [0.25, 0.3) is 10.9 Å². The third-order valence-electron chi connectivity index (χ3n) is 5.52. The summed E-state index contributed by atoms with van der Waals surface area (Å²) >= 11 is 6.13. The summed E-state index contributed by atoms with van der Waals surface area (Å²) in [5.41, 5.74) is 1.91. The fourth-order valence-corrected chi connectivity index (χ4v) is 4.04. The maximum absolute atomic E-state index is 12.9. The first-order chi connectivity index (χ1) is 15.9. The van der Waals surface area contributed by atoms with Crippen molar-refractivity contribution < 1.29 is 23.9 Å². The summed E-state index contributed by atoms with van der Waals surface area (Å²) in [6, 6.07) is 13.0. The largest absolute Gasteiger partial charge is 0.454 e. The molecule has 2 N–H and O–H groups in total. The number of esters is 1. The van der Waals surface area contributed by atoms with Crippen LogP contribution in [0.15, 0.2) is 54.7 Å². The normalized spacial score (nSPS) is 14.3. The number of carbonyl (C=O) groups is 4. The number of amides is 3. The molecule has 1 atom stereocenters. The number of rotatable bonds is 7. The number of hydrogen-bond donors (Lipinski definition) is 2. The number of carbonyl (C=O) groups excluding carboxylic acids is 4. The van der Waals surface area contributed by atoms with Gasteiger partial charge < -0.3 is 15.0 Å². The standard InChI is InChI=1S/C24H22ClN3O5/c25-18-8-3-1-7-17(18)23(31)27-20(12-15-13-26-19-9-4-2-6-16(15)19)24(32)33-14-22(30)28-11-5-10-21(28)29/h1-4,6-9,13,20,26H,5,10-12,14H2,(H,27,31). The molecule has 1 aliphatic heterocycles. The predicted molar refractivity (Wildman–Crippen MR) is 122 cm³/mol. The van der Waals surface area contributed by atoms with Gasteiger partial charge in [-0.3, -0.25) is 19.3 Å². The van der Waals surface area contributed by atoms with Crippen molar-refractivity contribution in [1.82, 2.24) is 15.2 Å². The number of aromatic nitrogens is 1. The molecule has 2 heterocycles. The van der Waals surface area contributed by atoms with Gasteiger partial charge in [-0.2, -0.15) is 0 Å². The Morgan fingerprint density at radius 1 is 1.12 bits per heavy atom. The molecule has 2 aromatic carbocycles. The molecule has 0 radical (unpaired) electrons. The first-order valence-electron chi connectivity index (χ1n) is 10.5. The van der Waals surface area contributed by atoms with Crippen LogP contribution in [0.4, 0.5) is 0 Å². The van der Waals surface area contributed by atoms with E-state index < -0.39 is 30.4 Å². The smallest absolute Gasteiger partial charge is 0.329 e. The van der Waals surface area contributed by atoms with Gasteiger partial charge in [0, 0.05) is 36.5 Å². The number of hydrogen-bond acceptors (Lipinski definition) is 5. The van der Waals surface area contributed by atoms with Gasteiger partial charge in [0.05, 0.1) is 10.6 Å². The molecule has 0 saturated carbocycles. The molecule has 3 amide bonds. The van der Waals surface area contributed by atoms with Crippen molar-refractivity contribution in [2.24, 2.45) is 0 Å². The topological polar surface area (TPSA) is 109 Å². The maximum Gasteiger partial charge on any atom is 0.329 e. The molecule has 8 nitrogen and oxygen atoms in total. The molecule has 1 aliphatic rings. The van der Waals surface area contributed by atoms with Crippen molar-refractivity contribution in [3.05, 3.63) is 70.9 Å². The lowest BCUT2D eigenvalue weighted by atomic mass is 10.0. The third kappa shape index (κ3) is 5.06. The van der Waals surface area contributed by atoms with Crippen molar-refractivity contribution >= 4 is 46.2 Å². The van der Waals surface area contributed by atoms with Gasteiger partial charge in [-0.25, -0.2) is 4.79 Å². The van der Waals surface area contributed by atoms with Crippen molar-refractivity contribution in [3.8, 4) is 0 Å². The van der Waals surface area contributed by atoms with E-state index in [1.807, 2.05) is 24.3 Å². The molecule has 3 aromatic rings. The molecule has 1 fully saturated rings. The summed E-state index contributed by atoms with van der Waals surface area (Å²) in [5.74, 6) is -2.17. The second kappa shape index (κ2) is 9.87. The molecule has 0 bridgehead atoms. The van der Waals surface area contributed by atoms with Crippen LogP contribution in [0.1, 0.15) is 28.8 Å². The van der Waals surface area contributed by atoms with Crippen LogP contribution in [-0.4, -0.2) is 52.8 Å². The van der Waals surface area contributed by atoms with Crippen LogP contribution in [0.5, 0.6) is 0 Å². The SMILES string of the molecule is O=C(NC(Cc1c[nH]c2ccccc12)C(=O)OCC(=O)N1CCCC1=O)c1ccccc1Cl. The van der Waals surface area contributed by atoms with Gasteiger partial charge in [-0.15, -0.1) is 0 Å². The van der Waals surface area contributed by atoms with Crippen molar-refractivity contribution in [1.29, 1.82) is 0 Å². The van der Waals surface area contributed by atoms with Crippen molar-refractivity contribution in [2.45, 2.75) is 25.3 Å². The van der Waals surface area contributed by atoms with Crippen LogP contribution in [-0.2, 0) is 25.5 Å². The van der Waals surface area contributed by atoms with E-state index in [0.717, 1.165) is 21.4 Å². The van der Waals surface area contributed by atoms with Gasteiger partial charge in [-0.05, 0) is 30.2 Å². The Hall–Kier alpha value is -3.65. The Labute approximate surface area is 194 Å². The van der Waals surface area contributed by atoms with Gasteiger partial charge in [-0.1, -0.05) is 41.9 Å². The average Bonchev–Trinajstić information content (AvgIpc) is 3.43. The number of aromatic amines is 1. The third-order valence-corrected chi connectivity index (χ3v) is 5.85. The number of nitrogens with one attached hydrogen (secondary N) is 2. The number of likely N-dealkylation sites (tertiary alicyclic amines) is 1. The van der Waals surface area contributed by atoms with Gasteiger partial charge in [0.25, 0.3) is 11.8 Å². The fourth-order valence-electron chi connectivity index (χ4n) is 3.82. The zero-order chi connectivity index (χ0) is 23.4. The molecule has 1 saturated heterocycles. The van der Waals surface area contributed by atoms with Crippen molar-refractivity contribution in [3.63, 3.8) is 0 Å². The van der Waals surface area contributed by atoms with E-state index in [4.69, 9.17) is 16.3 Å². The van der Waals surface area contributed by atoms with Crippen LogP contribution < -0.4 is 5.32 Å². The maximum atomic E-state index is 12.9. The number of ether oxygens (including phenoxy) is 1. The van der Waals surface area contributed by atoms with Crippen LogP contribution in [0.2, 0.25) is 5.02 Å². The molecule has 9 heteroatoms. The van der Waals surface area contributed by atoms with Crippen LogP contribution in [0, 0.1) is 0 Å². The number of fused-ring (bicyclic) bond motifs is 1. The Kier molecular flexibility index (Phi) is 6.74. The van der Waals surface area contributed by atoms with E-state index in [1.165, 1.54) is 0 Å². The van der Waals surface area contributed by atoms with E-state index >= 15 is 0 Å². The summed E-state index contributed by atoms with van der Waals surface area (Å²) in [6.07, 6.45) is 2.79. The molecule has 1 aromatic heterocycles. The summed E-state index contributed by atoms with van der Waals surface area (Å²) in [5, 5.41) is 3.83. The minimum atomic E-state index is -1.07. The summed E-state index contributed by atoms with van der Waals surface area (Å²) in [6.45, 7) is -0.256. The zero-order valence-electron chi connectivity index (χ0n) is 17.7. The molecular formula is C24H22ClN3O5. The summed E-state index contributed by atoms with van der Waals surface area (Å²) in [4.78, 5) is 54.0. The van der Waals surface area contributed by atoms with E-state index in [2.05, 4.69) is 10.3 Å². The molecule has 0 aliphatic carbocycles. The fraction of sp³-hybridized carbons (Fsp3) is 0.250. The van der Waals surface area contributed by atoms with E-state index in [9.17, 15) is 19.2 Å². The molecule has 4 rings (SSSR count). The van der Waals surface area contributed by atoms with Gasteiger partial charge in [0.15, 0.2) is 6.61 Å². The molecule has 33 heavy (non-hydrogen) atoms. The highest BCUT2D eigenvalue weighted by molar-refractivity contribution is 6.33. The lowest BCUT2D eigenvalue weighted by Crippen LogP contribution is -2.45. The number of nitrogens with zero attached hydrogens (tertiary/aromatic N) is 1. The summed E-state index contributed by atoms with van der Waals surface area (Å²) < 4.78 is 5.21. The highest BCUT2D eigenvalue weighted by atomic mass is 35.5. The van der Waals surface area contributed by atoms with Crippen molar-refractivity contribution in [2.75, 3.05) is 13.2 Å². The Morgan fingerprint density at radius 3 is 2.64 bits per heavy atom. The van der Waals surface area contributed by atoms with Crippen LogP contribution in [0.3, 0.4) is 0 Å². The quantitative estimate of drug-likeness (QED) is 0.519. The molecule has 170 valence electrons. The first kappa shape index (κ1) is 22.5. The lowest BCUT2D eigenvalue weighted by molar-refractivity contribution is -0.155. The average molecular weight is 468 g/mol. The minimum absolute atomic E-state index is 0.135. The second-order valence-corrected chi connectivity index (χ2v) is 8.13. The first-order valence-corrected chi connectivity index (χ1v) is 10.9. The number of halogens is 1. The second-order valence-electron chi connectivity index (χ2n) is 7.72. The van der Waals surface area contributed by atoms with Gasteiger partial charge in [0.2, 0.25) is 5.91 Å². The monoisotopic (exact) mass is 467 g/mol. The Balaban J connectivity index is 1.51. The van der Waals surface area contributed by atoms with Gasteiger partial charge >= 0.3 is 5.97 Å². The molecular weight excluding hydrogens is 446 g/mol. The highest BCUT2D eigenvalue weighted by Gasteiger charge is 2.29. The van der Waals surface area contributed by atoms with E-state index in [1.54, 1.807) is 30.5 Å². The number of para-hydroxylation sites is 1. The number of benzene rings is 2. The number of imide groups is 1. The zero-order valence-corrected chi connectivity index (χ0v) is 18.4. The van der Waals surface area contributed by atoms with Crippen LogP contribution >= 0.6 is 11.6 Å². The lowest BCUT2D eigenvalue weighted by Gasteiger charge is -2.19. The van der Waals surface area contributed by atoms with E-state index in [-0.39, 0.29) is 22.9 Å². The minimum Gasteiger partial charge on any atom is -0.454 e. The molecule has 1 unspecified atom stereocenters. The number of H-pyrrole nitrogens is 1. The van der Waals surface area contributed by atoms with Gasteiger partial charge in [0.1, 0.15) is 6.04 Å². The molecule has 0 spiro atoms. The highest BCUT2D eigenvalue weighted by Crippen LogP contribution is 2.20. The Morgan fingerprint density at radius 2 is 1.88 bits per heavy atom.